The molecule has 2 aromatic carbocycles. The van der Waals surface area contributed by atoms with Gasteiger partial charge in [-0.15, -0.1) is 0 Å². The van der Waals surface area contributed by atoms with Gasteiger partial charge in [-0.2, -0.15) is 0 Å². The topological polar surface area (TPSA) is 30.5 Å². The summed E-state index contributed by atoms with van der Waals surface area (Å²) in [5.74, 6) is 1.11. The first-order chi connectivity index (χ1) is 10.2. The van der Waals surface area contributed by atoms with Crippen LogP contribution in [0.4, 0.5) is 4.39 Å². The summed E-state index contributed by atoms with van der Waals surface area (Å²) < 4.78 is 24.6. The monoisotopic (exact) mass is 287 g/mol. The summed E-state index contributed by atoms with van der Waals surface area (Å²) in [6.07, 6.45) is 0.917. The zero-order chi connectivity index (χ0) is 14.8. The van der Waals surface area contributed by atoms with Gasteiger partial charge in [-0.3, -0.25) is 0 Å². The summed E-state index contributed by atoms with van der Waals surface area (Å²) in [6, 6.07) is 10.8. The smallest absolute Gasteiger partial charge is 0.132 e. The van der Waals surface area contributed by atoms with E-state index in [0.29, 0.717) is 11.3 Å². The number of fused-ring (bicyclic) bond motifs is 1. The SMILES string of the molecule is COc1ccc(C2NCCc3cc(OC)ccc32)c(F)c1. The summed E-state index contributed by atoms with van der Waals surface area (Å²) >= 11 is 0. The Balaban J connectivity index is 2.02. The van der Waals surface area contributed by atoms with E-state index >= 15 is 0 Å². The largest absolute Gasteiger partial charge is 0.497 e. The van der Waals surface area contributed by atoms with Crippen LogP contribution in [0.25, 0.3) is 0 Å². The molecule has 1 aliphatic rings. The zero-order valence-electron chi connectivity index (χ0n) is 12.2. The van der Waals surface area contributed by atoms with Crippen LogP contribution in [-0.4, -0.2) is 20.8 Å². The van der Waals surface area contributed by atoms with Crippen molar-refractivity contribution in [3.63, 3.8) is 0 Å². The van der Waals surface area contributed by atoms with Crippen LogP contribution < -0.4 is 14.8 Å². The van der Waals surface area contributed by atoms with Gasteiger partial charge in [0.2, 0.25) is 0 Å². The predicted octanol–water partition coefficient (Wildman–Crippen LogP) is 3.08. The number of methoxy groups -OCH3 is 2. The molecule has 0 amide bonds. The third-order valence-electron chi connectivity index (χ3n) is 3.92. The Morgan fingerprint density at radius 2 is 1.67 bits per heavy atom. The van der Waals surface area contributed by atoms with Crippen LogP contribution in [0.15, 0.2) is 36.4 Å². The van der Waals surface area contributed by atoms with Crippen LogP contribution in [0.2, 0.25) is 0 Å². The highest BCUT2D eigenvalue weighted by Gasteiger charge is 2.24. The molecule has 3 rings (SSSR count). The number of benzene rings is 2. The molecule has 0 bridgehead atoms. The molecule has 0 radical (unpaired) electrons. The molecule has 1 aliphatic heterocycles. The first kappa shape index (κ1) is 13.9. The van der Waals surface area contributed by atoms with Gasteiger partial charge in [-0.05, 0) is 35.7 Å². The fourth-order valence-electron chi connectivity index (χ4n) is 2.81. The van der Waals surface area contributed by atoms with E-state index in [1.54, 1.807) is 19.2 Å². The van der Waals surface area contributed by atoms with Crippen molar-refractivity contribution in [2.45, 2.75) is 12.5 Å². The number of nitrogens with one attached hydrogen (secondary N) is 1. The molecule has 0 fully saturated rings. The van der Waals surface area contributed by atoms with E-state index in [1.165, 1.54) is 18.7 Å². The van der Waals surface area contributed by atoms with E-state index < -0.39 is 0 Å². The van der Waals surface area contributed by atoms with Gasteiger partial charge in [0.1, 0.15) is 17.3 Å². The van der Waals surface area contributed by atoms with Crippen molar-refractivity contribution in [2.75, 3.05) is 20.8 Å². The van der Waals surface area contributed by atoms with E-state index in [-0.39, 0.29) is 11.9 Å². The second-order valence-corrected chi connectivity index (χ2v) is 5.09. The van der Waals surface area contributed by atoms with Crippen molar-refractivity contribution < 1.29 is 13.9 Å². The minimum absolute atomic E-state index is 0.134. The number of halogens is 1. The van der Waals surface area contributed by atoms with Gasteiger partial charge in [0.15, 0.2) is 0 Å². The molecule has 0 saturated heterocycles. The van der Waals surface area contributed by atoms with E-state index in [1.807, 2.05) is 18.2 Å². The normalized spacial score (nSPS) is 17.2. The highest BCUT2D eigenvalue weighted by molar-refractivity contribution is 5.44. The lowest BCUT2D eigenvalue weighted by molar-refractivity contribution is 0.409. The second-order valence-electron chi connectivity index (χ2n) is 5.09. The third-order valence-corrected chi connectivity index (χ3v) is 3.92. The van der Waals surface area contributed by atoms with Crippen LogP contribution in [0.1, 0.15) is 22.7 Å². The highest BCUT2D eigenvalue weighted by atomic mass is 19.1. The number of ether oxygens (including phenoxy) is 2. The van der Waals surface area contributed by atoms with Crippen molar-refractivity contribution in [1.82, 2.24) is 5.32 Å². The number of hydrogen-bond donors (Lipinski definition) is 1. The molecule has 4 heteroatoms. The summed E-state index contributed by atoms with van der Waals surface area (Å²) in [5, 5.41) is 3.39. The van der Waals surface area contributed by atoms with Crippen LogP contribution in [-0.2, 0) is 6.42 Å². The number of hydrogen-bond acceptors (Lipinski definition) is 3. The molecule has 0 aromatic heterocycles. The molecule has 1 unspecified atom stereocenters. The lowest BCUT2D eigenvalue weighted by Crippen LogP contribution is -2.31. The molecule has 0 aliphatic carbocycles. The zero-order valence-corrected chi connectivity index (χ0v) is 12.2. The lowest BCUT2D eigenvalue weighted by Gasteiger charge is -2.28. The molecule has 1 N–H and O–H groups in total. The van der Waals surface area contributed by atoms with Crippen molar-refractivity contribution in [3.8, 4) is 11.5 Å². The number of rotatable bonds is 3. The maximum absolute atomic E-state index is 14.3. The Morgan fingerprint density at radius 3 is 2.33 bits per heavy atom. The fourth-order valence-corrected chi connectivity index (χ4v) is 2.81. The summed E-state index contributed by atoms with van der Waals surface area (Å²) in [6.45, 7) is 0.816. The van der Waals surface area contributed by atoms with Crippen LogP contribution in [0, 0.1) is 5.82 Å². The van der Waals surface area contributed by atoms with Crippen molar-refractivity contribution in [3.05, 3.63) is 58.9 Å². The van der Waals surface area contributed by atoms with E-state index in [2.05, 4.69) is 5.32 Å². The molecule has 3 nitrogen and oxygen atoms in total. The Kier molecular flexibility index (Phi) is 3.80. The average Bonchev–Trinajstić information content (AvgIpc) is 2.53. The summed E-state index contributed by atoms with van der Waals surface area (Å²) in [7, 11) is 3.19. The standard InChI is InChI=1S/C17H18FNO2/c1-20-12-3-5-14-11(9-12)7-8-19-17(14)15-6-4-13(21-2)10-16(15)18/h3-6,9-10,17,19H,7-8H2,1-2H3. The summed E-state index contributed by atoms with van der Waals surface area (Å²) in [4.78, 5) is 0. The Hall–Kier alpha value is -2.07. The van der Waals surface area contributed by atoms with Gasteiger partial charge in [-0.1, -0.05) is 12.1 Å². The molecule has 110 valence electrons. The molecular formula is C17H18FNO2. The highest BCUT2D eigenvalue weighted by Crippen LogP contribution is 2.33. The summed E-state index contributed by atoms with van der Waals surface area (Å²) in [5.41, 5.74) is 2.95. The van der Waals surface area contributed by atoms with E-state index in [9.17, 15) is 4.39 Å². The quantitative estimate of drug-likeness (QED) is 0.941. The van der Waals surface area contributed by atoms with Crippen LogP contribution in [0.3, 0.4) is 0 Å². The average molecular weight is 287 g/mol. The molecule has 21 heavy (non-hydrogen) atoms. The molecule has 0 saturated carbocycles. The predicted molar refractivity (Wildman–Crippen MR) is 79.5 cm³/mol. The molecule has 1 heterocycles. The van der Waals surface area contributed by atoms with Gasteiger partial charge in [0.05, 0.1) is 20.3 Å². The van der Waals surface area contributed by atoms with Gasteiger partial charge in [-0.25, -0.2) is 4.39 Å². The second kappa shape index (κ2) is 5.74. The first-order valence-electron chi connectivity index (χ1n) is 6.96. The van der Waals surface area contributed by atoms with Gasteiger partial charge in [0, 0.05) is 18.2 Å². The minimum atomic E-state index is -0.254. The van der Waals surface area contributed by atoms with Crippen molar-refractivity contribution >= 4 is 0 Å². The van der Waals surface area contributed by atoms with E-state index in [0.717, 1.165) is 24.3 Å². The van der Waals surface area contributed by atoms with Crippen LogP contribution >= 0.6 is 0 Å². The van der Waals surface area contributed by atoms with E-state index in [4.69, 9.17) is 9.47 Å². The van der Waals surface area contributed by atoms with Crippen LogP contribution in [0.5, 0.6) is 11.5 Å². The Bertz CT molecular complexity index is 657. The molecule has 1 atom stereocenters. The van der Waals surface area contributed by atoms with Crippen molar-refractivity contribution in [1.29, 1.82) is 0 Å². The van der Waals surface area contributed by atoms with Gasteiger partial charge in [0.25, 0.3) is 0 Å². The maximum atomic E-state index is 14.3. The first-order valence-corrected chi connectivity index (χ1v) is 6.96. The van der Waals surface area contributed by atoms with Gasteiger partial charge >= 0.3 is 0 Å². The Morgan fingerprint density at radius 1 is 1.00 bits per heavy atom. The van der Waals surface area contributed by atoms with Gasteiger partial charge < -0.3 is 14.8 Å². The fraction of sp³-hybridized carbons (Fsp3) is 0.294. The minimum Gasteiger partial charge on any atom is -0.497 e. The molecular weight excluding hydrogens is 269 g/mol. The third kappa shape index (κ3) is 2.59. The lowest BCUT2D eigenvalue weighted by atomic mass is 9.89. The van der Waals surface area contributed by atoms with Crippen molar-refractivity contribution in [2.24, 2.45) is 0 Å². The Labute approximate surface area is 123 Å². The molecule has 2 aromatic rings. The molecule has 0 spiro atoms. The maximum Gasteiger partial charge on any atom is 0.132 e.